The Morgan fingerprint density at radius 1 is 1.30 bits per heavy atom. The molecule has 3 rings (SSSR count). The summed E-state index contributed by atoms with van der Waals surface area (Å²) in [5.74, 6) is 6.44. The van der Waals surface area contributed by atoms with Gasteiger partial charge < -0.3 is 10.2 Å². The van der Waals surface area contributed by atoms with Crippen LogP contribution < -0.4 is 5.32 Å². The number of nitrogens with one attached hydrogen (secondary N) is 1. The van der Waals surface area contributed by atoms with E-state index in [1.54, 1.807) is 13.1 Å². The molecule has 0 radical (unpaired) electrons. The van der Waals surface area contributed by atoms with Crippen molar-refractivity contribution in [3.63, 3.8) is 0 Å². The molecule has 7 heteroatoms. The lowest BCUT2D eigenvalue weighted by molar-refractivity contribution is -0.137. The Morgan fingerprint density at radius 3 is 2.78 bits per heavy atom. The van der Waals surface area contributed by atoms with Crippen molar-refractivity contribution in [1.82, 2.24) is 15.1 Å². The molecule has 1 unspecified atom stereocenters. The van der Waals surface area contributed by atoms with Crippen molar-refractivity contribution in [3.05, 3.63) is 47.5 Å². The number of alkyl halides is 3. The van der Waals surface area contributed by atoms with E-state index in [0.717, 1.165) is 50.7 Å². The van der Waals surface area contributed by atoms with Gasteiger partial charge in [0.05, 0.1) is 12.1 Å². The molecule has 0 aromatic heterocycles. The summed E-state index contributed by atoms with van der Waals surface area (Å²) in [5, 5.41) is 3.18. The monoisotopic (exact) mass is 376 g/mol. The highest BCUT2D eigenvalue weighted by Gasteiger charge is 2.30. The Morgan fingerprint density at radius 2 is 2.07 bits per heavy atom. The van der Waals surface area contributed by atoms with E-state index in [2.05, 4.69) is 44.1 Å². The molecule has 2 aliphatic heterocycles. The molecule has 1 N–H and O–H groups in total. The fraction of sp³-hybridized carbons (Fsp3) is 0.450. The van der Waals surface area contributed by atoms with Crippen LogP contribution >= 0.6 is 0 Å². The molecule has 2 heterocycles. The summed E-state index contributed by atoms with van der Waals surface area (Å²) in [6.45, 7) is 4.19. The number of benzene rings is 1. The first-order chi connectivity index (χ1) is 13.0. The van der Waals surface area contributed by atoms with E-state index in [-0.39, 0.29) is 0 Å². The van der Waals surface area contributed by atoms with Gasteiger partial charge in [0.15, 0.2) is 5.96 Å². The molecule has 0 aliphatic carbocycles. The third kappa shape index (κ3) is 5.04. The smallest absolute Gasteiger partial charge is 0.345 e. The van der Waals surface area contributed by atoms with E-state index in [4.69, 9.17) is 0 Å². The van der Waals surface area contributed by atoms with Gasteiger partial charge in [-0.15, -0.1) is 0 Å². The van der Waals surface area contributed by atoms with Crippen LogP contribution in [0, 0.1) is 11.8 Å². The molecular formula is C20H23F3N4. The van der Waals surface area contributed by atoms with E-state index in [9.17, 15) is 13.2 Å². The van der Waals surface area contributed by atoms with Crippen molar-refractivity contribution in [2.24, 2.45) is 4.99 Å². The summed E-state index contributed by atoms with van der Waals surface area (Å²) in [6, 6.07) is 5.58. The van der Waals surface area contributed by atoms with E-state index >= 15 is 0 Å². The molecular weight excluding hydrogens is 353 g/mol. The summed E-state index contributed by atoms with van der Waals surface area (Å²) < 4.78 is 38.2. The Kier molecular flexibility index (Phi) is 6.07. The molecule has 1 fully saturated rings. The van der Waals surface area contributed by atoms with Crippen molar-refractivity contribution < 1.29 is 13.2 Å². The van der Waals surface area contributed by atoms with Crippen LogP contribution in [0.25, 0.3) is 0 Å². The van der Waals surface area contributed by atoms with E-state index in [1.165, 1.54) is 6.07 Å². The molecule has 0 amide bonds. The number of hydrogen-bond acceptors (Lipinski definition) is 2. The number of halogens is 3. The SMILES string of the molecule is CN=C(NCC#Cc1cccc(C(F)(F)F)c1)N1CCC(N2CC=CC2)C1. The Bertz CT molecular complexity index is 765. The van der Waals surface area contributed by atoms with Crippen LogP contribution in [0.15, 0.2) is 41.4 Å². The van der Waals surface area contributed by atoms with Crippen LogP contribution in [0.4, 0.5) is 13.2 Å². The topological polar surface area (TPSA) is 30.9 Å². The lowest BCUT2D eigenvalue weighted by Gasteiger charge is -2.25. The second kappa shape index (κ2) is 8.49. The molecule has 1 aromatic rings. The fourth-order valence-electron chi connectivity index (χ4n) is 3.40. The summed E-state index contributed by atoms with van der Waals surface area (Å²) >= 11 is 0. The molecule has 4 nitrogen and oxygen atoms in total. The lowest BCUT2D eigenvalue weighted by Crippen LogP contribution is -2.42. The van der Waals surface area contributed by atoms with Gasteiger partial charge in [-0.3, -0.25) is 9.89 Å². The molecule has 0 bridgehead atoms. The summed E-state index contributed by atoms with van der Waals surface area (Å²) in [7, 11) is 1.73. The number of hydrogen-bond donors (Lipinski definition) is 1. The van der Waals surface area contributed by atoms with Gasteiger partial charge in [0, 0.05) is 44.8 Å². The van der Waals surface area contributed by atoms with Crippen LogP contribution in [-0.2, 0) is 6.18 Å². The number of rotatable bonds is 2. The van der Waals surface area contributed by atoms with Gasteiger partial charge in [-0.05, 0) is 24.6 Å². The van der Waals surface area contributed by atoms with Crippen molar-refractivity contribution in [3.8, 4) is 11.8 Å². The Hall–Kier alpha value is -2.46. The normalized spacial score (nSPS) is 20.7. The van der Waals surface area contributed by atoms with Crippen molar-refractivity contribution >= 4 is 5.96 Å². The van der Waals surface area contributed by atoms with Crippen LogP contribution in [-0.4, -0.2) is 61.6 Å². The number of nitrogens with zero attached hydrogens (tertiary/aromatic N) is 3. The first kappa shape index (κ1) is 19.3. The summed E-state index contributed by atoms with van der Waals surface area (Å²) in [4.78, 5) is 8.95. The highest BCUT2D eigenvalue weighted by atomic mass is 19.4. The fourth-order valence-corrected chi connectivity index (χ4v) is 3.40. The average Bonchev–Trinajstić information content (AvgIpc) is 3.33. The first-order valence-corrected chi connectivity index (χ1v) is 8.98. The van der Waals surface area contributed by atoms with Crippen LogP contribution in [0.1, 0.15) is 17.5 Å². The van der Waals surface area contributed by atoms with Gasteiger partial charge in [0.25, 0.3) is 0 Å². The highest BCUT2D eigenvalue weighted by molar-refractivity contribution is 5.80. The van der Waals surface area contributed by atoms with E-state index < -0.39 is 11.7 Å². The number of aliphatic imine (C=N–C) groups is 1. The maximum absolute atomic E-state index is 12.7. The maximum atomic E-state index is 12.7. The number of guanidine groups is 1. The highest BCUT2D eigenvalue weighted by Crippen LogP contribution is 2.29. The van der Waals surface area contributed by atoms with Crippen LogP contribution in [0.5, 0.6) is 0 Å². The Labute approximate surface area is 157 Å². The minimum Gasteiger partial charge on any atom is -0.345 e. The molecule has 2 aliphatic rings. The van der Waals surface area contributed by atoms with E-state index in [0.29, 0.717) is 18.2 Å². The zero-order valence-electron chi connectivity index (χ0n) is 15.3. The maximum Gasteiger partial charge on any atom is 0.416 e. The van der Waals surface area contributed by atoms with Gasteiger partial charge in [0.1, 0.15) is 0 Å². The zero-order chi connectivity index (χ0) is 19.3. The van der Waals surface area contributed by atoms with Crippen molar-refractivity contribution in [2.45, 2.75) is 18.6 Å². The molecule has 27 heavy (non-hydrogen) atoms. The van der Waals surface area contributed by atoms with Gasteiger partial charge in [-0.1, -0.05) is 30.1 Å². The molecule has 0 saturated carbocycles. The van der Waals surface area contributed by atoms with Crippen molar-refractivity contribution in [2.75, 3.05) is 39.8 Å². The molecule has 0 spiro atoms. The number of likely N-dealkylation sites (tertiary alicyclic amines) is 1. The third-order valence-electron chi connectivity index (χ3n) is 4.80. The van der Waals surface area contributed by atoms with Gasteiger partial charge in [0.2, 0.25) is 0 Å². The second-order valence-corrected chi connectivity index (χ2v) is 6.59. The summed E-state index contributed by atoms with van der Waals surface area (Å²) in [6.07, 6.45) is 1.13. The van der Waals surface area contributed by atoms with Gasteiger partial charge in [-0.25, -0.2) is 0 Å². The lowest BCUT2D eigenvalue weighted by atomic mass is 10.1. The molecule has 144 valence electrons. The second-order valence-electron chi connectivity index (χ2n) is 6.59. The Balaban J connectivity index is 1.52. The third-order valence-corrected chi connectivity index (χ3v) is 4.80. The molecule has 1 aromatic carbocycles. The van der Waals surface area contributed by atoms with Gasteiger partial charge in [-0.2, -0.15) is 13.2 Å². The predicted octanol–water partition coefficient (Wildman–Crippen LogP) is 2.58. The standard InChI is InChI=1S/C20H23F3N4/c1-24-19(27-13-9-18(15-27)26-11-2-3-12-26)25-10-5-7-16-6-4-8-17(14-16)20(21,22)23/h2-4,6,8,14,18H,9-13,15H2,1H3,(H,24,25). The van der Waals surface area contributed by atoms with Gasteiger partial charge >= 0.3 is 6.18 Å². The van der Waals surface area contributed by atoms with E-state index in [1.807, 2.05) is 0 Å². The summed E-state index contributed by atoms with van der Waals surface area (Å²) in [5.41, 5.74) is -0.332. The largest absolute Gasteiger partial charge is 0.416 e. The molecule has 1 atom stereocenters. The van der Waals surface area contributed by atoms with Crippen LogP contribution in [0.3, 0.4) is 0 Å². The molecule has 1 saturated heterocycles. The minimum atomic E-state index is -4.35. The quantitative estimate of drug-likeness (QED) is 0.373. The predicted molar refractivity (Wildman–Crippen MR) is 100 cm³/mol. The first-order valence-electron chi connectivity index (χ1n) is 8.98. The minimum absolute atomic E-state index is 0.329. The van der Waals surface area contributed by atoms with Crippen LogP contribution in [0.2, 0.25) is 0 Å². The van der Waals surface area contributed by atoms with Crippen molar-refractivity contribution in [1.29, 1.82) is 0 Å². The average molecular weight is 376 g/mol. The zero-order valence-corrected chi connectivity index (χ0v) is 15.3.